The summed E-state index contributed by atoms with van der Waals surface area (Å²) in [5.74, 6) is 0.0354. The number of hydrogen-bond acceptors (Lipinski definition) is 5. The predicted molar refractivity (Wildman–Crippen MR) is 122 cm³/mol. The fourth-order valence-corrected chi connectivity index (χ4v) is 4.91. The van der Waals surface area contributed by atoms with Gasteiger partial charge in [0, 0.05) is 18.0 Å². The number of nitrogens with zero attached hydrogens (tertiary/aromatic N) is 3. The van der Waals surface area contributed by atoms with E-state index in [4.69, 9.17) is 4.98 Å². The molecule has 0 aliphatic rings. The first-order chi connectivity index (χ1) is 14.0. The van der Waals surface area contributed by atoms with E-state index in [1.165, 1.54) is 23.9 Å². The summed E-state index contributed by atoms with van der Waals surface area (Å²) in [7, 11) is 0. The van der Waals surface area contributed by atoms with E-state index in [-0.39, 0.29) is 11.7 Å². The maximum absolute atomic E-state index is 13.1. The number of likely N-dealkylation sites (N-methyl/N-ethyl adjacent to an activating group) is 1. The zero-order valence-corrected chi connectivity index (χ0v) is 18.7. The topological polar surface area (TPSA) is 36.4 Å². The van der Waals surface area contributed by atoms with E-state index >= 15 is 0 Å². The maximum atomic E-state index is 13.1. The van der Waals surface area contributed by atoms with Crippen LogP contribution in [0.3, 0.4) is 0 Å². The number of hydrogen-bond donors (Lipinski definition) is 0. The Balaban J connectivity index is 1.79. The number of aromatic nitrogens is 1. The molecule has 1 amide bonds. The molecule has 0 bridgehead atoms. The number of rotatable bonds is 9. The van der Waals surface area contributed by atoms with Crippen LogP contribution in [0.4, 0.5) is 9.52 Å². The first-order valence-electron chi connectivity index (χ1n) is 9.79. The SMILES string of the molecule is CCN(CC)CCN(C(=O)CSc1ccc(F)cc1)c1nc2c(C)cccc2s1. The van der Waals surface area contributed by atoms with Crippen LogP contribution in [0.15, 0.2) is 47.4 Å². The molecule has 0 saturated heterocycles. The monoisotopic (exact) mass is 431 g/mol. The van der Waals surface area contributed by atoms with Crippen molar-refractivity contribution in [1.82, 2.24) is 9.88 Å². The third-order valence-corrected chi connectivity index (χ3v) is 6.89. The van der Waals surface area contributed by atoms with Gasteiger partial charge in [0.1, 0.15) is 5.82 Å². The summed E-state index contributed by atoms with van der Waals surface area (Å²) >= 11 is 2.98. The summed E-state index contributed by atoms with van der Waals surface area (Å²) in [4.78, 5) is 22.9. The summed E-state index contributed by atoms with van der Waals surface area (Å²) in [6.07, 6.45) is 0. The molecule has 4 nitrogen and oxygen atoms in total. The van der Waals surface area contributed by atoms with E-state index in [1.807, 2.05) is 25.1 Å². The molecule has 0 atom stereocenters. The fourth-order valence-electron chi connectivity index (χ4n) is 3.05. The van der Waals surface area contributed by atoms with Gasteiger partial charge in [-0.05, 0) is 55.9 Å². The summed E-state index contributed by atoms with van der Waals surface area (Å²) in [6.45, 7) is 9.59. The van der Waals surface area contributed by atoms with Crippen molar-refractivity contribution in [3.05, 3.63) is 53.8 Å². The van der Waals surface area contributed by atoms with Gasteiger partial charge in [0.25, 0.3) is 0 Å². The highest BCUT2D eigenvalue weighted by molar-refractivity contribution is 8.00. The van der Waals surface area contributed by atoms with Crippen LogP contribution < -0.4 is 4.90 Å². The second kappa shape index (κ2) is 10.2. The van der Waals surface area contributed by atoms with Crippen LogP contribution in [0, 0.1) is 12.7 Å². The number of carbonyl (C=O) groups is 1. The zero-order chi connectivity index (χ0) is 20.8. The zero-order valence-electron chi connectivity index (χ0n) is 17.0. The van der Waals surface area contributed by atoms with Crippen LogP contribution in [-0.4, -0.2) is 47.7 Å². The third kappa shape index (κ3) is 5.56. The summed E-state index contributed by atoms with van der Waals surface area (Å²) in [5, 5.41) is 0.742. The van der Waals surface area contributed by atoms with Crippen molar-refractivity contribution in [3.63, 3.8) is 0 Å². The normalized spacial score (nSPS) is 11.3. The van der Waals surface area contributed by atoms with E-state index < -0.39 is 0 Å². The molecule has 1 heterocycles. The minimum atomic E-state index is -0.272. The lowest BCUT2D eigenvalue weighted by Gasteiger charge is -2.24. The van der Waals surface area contributed by atoms with Gasteiger partial charge in [-0.15, -0.1) is 11.8 Å². The molecule has 0 unspecified atom stereocenters. The van der Waals surface area contributed by atoms with Crippen LogP contribution in [0.1, 0.15) is 19.4 Å². The van der Waals surface area contributed by atoms with E-state index in [0.29, 0.717) is 12.3 Å². The van der Waals surface area contributed by atoms with E-state index in [2.05, 4.69) is 18.7 Å². The Morgan fingerprint density at radius 2 is 1.83 bits per heavy atom. The van der Waals surface area contributed by atoms with Gasteiger partial charge in [-0.25, -0.2) is 9.37 Å². The second-order valence-electron chi connectivity index (χ2n) is 6.73. The molecule has 0 saturated carbocycles. The Labute approximate surface area is 179 Å². The number of fused-ring (bicyclic) bond motifs is 1. The van der Waals surface area contributed by atoms with E-state index in [1.54, 1.807) is 28.4 Å². The molecule has 0 aliphatic carbocycles. The molecule has 0 spiro atoms. The molecular formula is C22H26FN3OS2. The van der Waals surface area contributed by atoms with Crippen molar-refractivity contribution >= 4 is 44.4 Å². The van der Waals surface area contributed by atoms with Crippen molar-refractivity contribution in [2.24, 2.45) is 0 Å². The Kier molecular flexibility index (Phi) is 7.64. The van der Waals surface area contributed by atoms with Gasteiger partial charge in [0.15, 0.2) is 5.13 Å². The minimum absolute atomic E-state index is 0.0168. The average Bonchev–Trinajstić information content (AvgIpc) is 3.16. The summed E-state index contributed by atoms with van der Waals surface area (Å²) in [5.41, 5.74) is 2.07. The van der Waals surface area contributed by atoms with Crippen molar-refractivity contribution in [3.8, 4) is 0 Å². The molecule has 0 radical (unpaired) electrons. The molecule has 0 N–H and O–H groups in total. The summed E-state index contributed by atoms with van der Waals surface area (Å²) < 4.78 is 14.2. The van der Waals surface area contributed by atoms with Crippen LogP contribution in [-0.2, 0) is 4.79 Å². The second-order valence-corrected chi connectivity index (χ2v) is 8.79. The van der Waals surface area contributed by atoms with E-state index in [0.717, 1.165) is 45.4 Å². The quantitative estimate of drug-likeness (QED) is 0.436. The highest BCUT2D eigenvalue weighted by Crippen LogP contribution is 2.31. The number of benzene rings is 2. The van der Waals surface area contributed by atoms with Gasteiger partial charge >= 0.3 is 0 Å². The van der Waals surface area contributed by atoms with Crippen molar-refractivity contribution in [1.29, 1.82) is 0 Å². The van der Waals surface area contributed by atoms with Gasteiger partial charge in [-0.2, -0.15) is 0 Å². The van der Waals surface area contributed by atoms with Crippen molar-refractivity contribution in [2.75, 3.05) is 36.8 Å². The van der Waals surface area contributed by atoms with Crippen LogP contribution in [0.25, 0.3) is 10.2 Å². The van der Waals surface area contributed by atoms with Gasteiger partial charge in [0.2, 0.25) is 5.91 Å². The van der Waals surface area contributed by atoms with Gasteiger partial charge in [0.05, 0.1) is 16.0 Å². The molecular weight excluding hydrogens is 405 g/mol. The number of anilines is 1. The number of carbonyl (C=O) groups excluding carboxylic acids is 1. The maximum Gasteiger partial charge on any atom is 0.239 e. The summed E-state index contributed by atoms with van der Waals surface area (Å²) in [6, 6.07) is 12.3. The molecule has 29 heavy (non-hydrogen) atoms. The minimum Gasteiger partial charge on any atom is -0.302 e. The highest BCUT2D eigenvalue weighted by atomic mass is 32.2. The first kappa shape index (κ1) is 21.7. The molecule has 7 heteroatoms. The van der Waals surface area contributed by atoms with Crippen LogP contribution in [0.2, 0.25) is 0 Å². The number of thioether (sulfide) groups is 1. The fraction of sp³-hybridized carbons (Fsp3) is 0.364. The Hall–Kier alpha value is -1.96. The van der Waals surface area contributed by atoms with Crippen LogP contribution >= 0.6 is 23.1 Å². The first-order valence-corrected chi connectivity index (χ1v) is 11.6. The Morgan fingerprint density at radius 1 is 1.10 bits per heavy atom. The Bertz CT molecular complexity index is 954. The molecule has 154 valence electrons. The lowest BCUT2D eigenvalue weighted by atomic mass is 10.2. The highest BCUT2D eigenvalue weighted by Gasteiger charge is 2.21. The van der Waals surface area contributed by atoms with Crippen LogP contribution in [0.5, 0.6) is 0 Å². The molecule has 2 aromatic carbocycles. The average molecular weight is 432 g/mol. The van der Waals surface area contributed by atoms with E-state index in [9.17, 15) is 9.18 Å². The number of aryl methyl sites for hydroxylation is 1. The lowest BCUT2D eigenvalue weighted by molar-refractivity contribution is -0.116. The Morgan fingerprint density at radius 3 is 2.48 bits per heavy atom. The largest absolute Gasteiger partial charge is 0.302 e. The van der Waals surface area contributed by atoms with Gasteiger partial charge in [-0.3, -0.25) is 9.69 Å². The van der Waals surface area contributed by atoms with Crippen molar-refractivity contribution < 1.29 is 9.18 Å². The number of amides is 1. The molecule has 0 fully saturated rings. The molecule has 3 aromatic rings. The number of para-hydroxylation sites is 1. The number of thiazole rings is 1. The third-order valence-electron chi connectivity index (χ3n) is 4.85. The molecule has 1 aromatic heterocycles. The van der Waals surface area contributed by atoms with Gasteiger partial charge in [-0.1, -0.05) is 37.3 Å². The smallest absolute Gasteiger partial charge is 0.239 e. The lowest BCUT2D eigenvalue weighted by Crippen LogP contribution is -2.39. The molecule has 0 aliphatic heterocycles. The van der Waals surface area contributed by atoms with Gasteiger partial charge < -0.3 is 4.90 Å². The number of halogens is 1. The standard InChI is InChI=1S/C22H26FN3OS2/c1-4-25(5-2)13-14-26(20(27)15-28-18-11-9-17(23)10-12-18)22-24-21-16(3)7-6-8-19(21)29-22/h6-12H,4-5,13-15H2,1-3H3. The molecule has 3 rings (SSSR count). The predicted octanol–water partition coefficient (Wildman–Crippen LogP) is 5.21. The van der Waals surface area contributed by atoms with Crippen molar-refractivity contribution in [2.45, 2.75) is 25.7 Å².